The van der Waals surface area contributed by atoms with Crippen molar-refractivity contribution in [1.29, 1.82) is 0 Å². The third kappa shape index (κ3) is 4.22. The van der Waals surface area contributed by atoms with Crippen LogP contribution in [0.25, 0.3) is 11.1 Å². The number of nitro groups is 1. The van der Waals surface area contributed by atoms with E-state index in [1.54, 1.807) is 18.2 Å². The zero-order valence-electron chi connectivity index (χ0n) is 12.4. The smallest absolute Gasteiger partial charge is 0.294 e. The molecule has 0 spiro atoms. The number of nitrogens with zero attached hydrogens (tertiary/aromatic N) is 2. The van der Waals surface area contributed by atoms with Crippen molar-refractivity contribution in [2.45, 2.75) is 5.22 Å². The minimum atomic E-state index is -0.612. The second-order valence-corrected chi connectivity index (χ2v) is 6.65. The average Bonchev–Trinajstić information content (AvgIpc) is 2.96. The highest BCUT2D eigenvalue weighted by Gasteiger charge is 2.17. The van der Waals surface area contributed by atoms with Gasteiger partial charge in [-0.1, -0.05) is 35.0 Å². The fourth-order valence-corrected chi connectivity index (χ4v) is 2.99. The van der Waals surface area contributed by atoms with Gasteiger partial charge in [-0.15, -0.1) is 0 Å². The maximum atomic E-state index is 12.0. The minimum absolute atomic E-state index is 0.0274. The topological polar surface area (TPSA) is 98.3 Å². The minimum Gasteiger partial charge on any atom is -0.431 e. The van der Waals surface area contributed by atoms with E-state index in [2.05, 4.69) is 10.3 Å². The lowest BCUT2D eigenvalue weighted by Gasteiger charge is -2.05. The summed E-state index contributed by atoms with van der Waals surface area (Å²) < 4.78 is 5.49. The van der Waals surface area contributed by atoms with Gasteiger partial charge >= 0.3 is 0 Å². The monoisotopic (exact) mass is 397 g/mol. The molecule has 0 fully saturated rings. The van der Waals surface area contributed by atoms with Crippen molar-refractivity contribution < 1.29 is 14.1 Å². The van der Waals surface area contributed by atoms with Crippen LogP contribution in [0.4, 0.5) is 11.4 Å². The summed E-state index contributed by atoms with van der Waals surface area (Å²) in [6, 6.07) is 9.03. The molecular weight excluding hydrogens is 389 g/mol. The van der Waals surface area contributed by atoms with Crippen LogP contribution < -0.4 is 5.32 Å². The normalized spacial score (nSPS) is 10.8. The van der Waals surface area contributed by atoms with E-state index >= 15 is 0 Å². The lowest BCUT2D eigenvalue weighted by Crippen LogP contribution is -2.15. The lowest BCUT2D eigenvalue weighted by atomic mass is 10.2. The molecular formula is C15H9Cl2N3O4S. The molecule has 10 heteroatoms. The van der Waals surface area contributed by atoms with Gasteiger partial charge in [0.15, 0.2) is 5.58 Å². The molecule has 25 heavy (non-hydrogen) atoms. The van der Waals surface area contributed by atoms with Gasteiger partial charge in [0.25, 0.3) is 10.9 Å². The molecule has 0 aliphatic heterocycles. The molecule has 0 saturated heterocycles. The Hall–Kier alpha value is -2.29. The van der Waals surface area contributed by atoms with Crippen LogP contribution in [0.3, 0.4) is 0 Å². The van der Waals surface area contributed by atoms with Crippen molar-refractivity contribution in [3.8, 4) is 0 Å². The average molecular weight is 398 g/mol. The van der Waals surface area contributed by atoms with Crippen molar-refractivity contribution in [1.82, 2.24) is 4.98 Å². The maximum absolute atomic E-state index is 12.0. The van der Waals surface area contributed by atoms with Crippen LogP contribution in [0.2, 0.25) is 10.0 Å². The fourth-order valence-electron chi connectivity index (χ4n) is 2.02. The molecule has 1 amide bonds. The van der Waals surface area contributed by atoms with Gasteiger partial charge < -0.3 is 9.73 Å². The Kier molecular flexibility index (Phi) is 5.12. The molecule has 3 rings (SSSR count). The predicted octanol–water partition coefficient (Wildman–Crippen LogP) is 4.77. The van der Waals surface area contributed by atoms with Gasteiger partial charge in [-0.05, 0) is 30.3 Å². The molecule has 0 radical (unpaired) electrons. The van der Waals surface area contributed by atoms with Crippen molar-refractivity contribution in [3.63, 3.8) is 0 Å². The first kappa shape index (κ1) is 17.5. The van der Waals surface area contributed by atoms with E-state index in [1.165, 1.54) is 18.2 Å². The van der Waals surface area contributed by atoms with Crippen molar-refractivity contribution >= 4 is 63.3 Å². The van der Waals surface area contributed by atoms with Crippen LogP contribution in [-0.4, -0.2) is 21.6 Å². The summed E-state index contributed by atoms with van der Waals surface area (Å²) >= 11 is 12.7. The Labute approximate surface area is 155 Å². The Morgan fingerprint density at radius 1 is 1.24 bits per heavy atom. The van der Waals surface area contributed by atoms with E-state index in [9.17, 15) is 14.9 Å². The zero-order chi connectivity index (χ0) is 18.0. The number of fused-ring (bicyclic) bond motifs is 1. The molecule has 0 atom stereocenters. The summed E-state index contributed by atoms with van der Waals surface area (Å²) in [5.41, 5.74) is 0.941. The highest BCUT2D eigenvalue weighted by atomic mass is 35.5. The molecule has 0 bridgehead atoms. The number of hydrogen-bond acceptors (Lipinski definition) is 6. The van der Waals surface area contributed by atoms with Crippen LogP contribution in [0.15, 0.2) is 46.0 Å². The molecule has 0 aliphatic rings. The van der Waals surface area contributed by atoms with E-state index in [0.29, 0.717) is 21.3 Å². The molecule has 0 saturated carbocycles. The van der Waals surface area contributed by atoms with Gasteiger partial charge in [0, 0.05) is 16.1 Å². The number of oxazole rings is 1. The predicted molar refractivity (Wildman–Crippen MR) is 96.5 cm³/mol. The zero-order valence-corrected chi connectivity index (χ0v) is 14.7. The summed E-state index contributed by atoms with van der Waals surface area (Å²) in [7, 11) is 0. The highest BCUT2D eigenvalue weighted by molar-refractivity contribution is 7.99. The SMILES string of the molecule is O=C(CSc1nc2cc(Cl)ccc2o1)Nc1ccc(Cl)cc1[N+](=O)[O-]. The number of carbonyl (C=O) groups is 1. The van der Waals surface area contributed by atoms with Crippen molar-refractivity contribution in [3.05, 3.63) is 56.6 Å². The second-order valence-electron chi connectivity index (χ2n) is 4.85. The summed E-state index contributed by atoms with van der Waals surface area (Å²) in [6.07, 6.45) is 0. The van der Waals surface area contributed by atoms with E-state index in [-0.39, 0.29) is 22.2 Å². The van der Waals surface area contributed by atoms with Gasteiger partial charge in [0.05, 0.1) is 10.7 Å². The van der Waals surface area contributed by atoms with Crippen LogP contribution in [-0.2, 0) is 4.79 Å². The molecule has 128 valence electrons. The number of benzene rings is 2. The standard InChI is InChI=1S/C15H9Cl2N3O4S/c16-8-2-4-13-11(5-8)19-15(24-13)25-7-14(21)18-10-3-1-9(17)6-12(10)20(22)23/h1-6H,7H2,(H,18,21). The molecule has 1 aromatic heterocycles. The molecule has 7 nitrogen and oxygen atoms in total. The molecule has 3 aromatic rings. The van der Waals surface area contributed by atoms with Gasteiger partial charge in [-0.3, -0.25) is 14.9 Å². The molecule has 2 aromatic carbocycles. The Morgan fingerprint density at radius 2 is 1.96 bits per heavy atom. The highest BCUT2D eigenvalue weighted by Crippen LogP contribution is 2.29. The van der Waals surface area contributed by atoms with Gasteiger partial charge in [0.2, 0.25) is 5.91 Å². The number of carbonyl (C=O) groups excluding carboxylic acids is 1. The van der Waals surface area contributed by atoms with E-state index in [1.807, 2.05) is 0 Å². The summed E-state index contributed by atoms with van der Waals surface area (Å²) in [5, 5.41) is 14.5. The van der Waals surface area contributed by atoms with Crippen molar-refractivity contribution in [2.24, 2.45) is 0 Å². The van der Waals surface area contributed by atoms with Crippen LogP contribution in [0.1, 0.15) is 0 Å². The summed E-state index contributed by atoms with van der Waals surface area (Å²) in [6.45, 7) is 0. The lowest BCUT2D eigenvalue weighted by molar-refractivity contribution is -0.383. The number of anilines is 1. The molecule has 0 aliphatic carbocycles. The third-order valence-electron chi connectivity index (χ3n) is 3.09. The first-order chi connectivity index (χ1) is 11.9. The Morgan fingerprint density at radius 3 is 2.72 bits per heavy atom. The van der Waals surface area contributed by atoms with Gasteiger partial charge in [-0.2, -0.15) is 0 Å². The molecule has 0 unspecified atom stereocenters. The molecule has 1 N–H and O–H groups in total. The van der Waals surface area contributed by atoms with E-state index < -0.39 is 10.8 Å². The first-order valence-electron chi connectivity index (χ1n) is 6.85. The number of hydrogen-bond donors (Lipinski definition) is 1. The van der Waals surface area contributed by atoms with Crippen molar-refractivity contribution in [2.75, 3.05) is 11.1 Å². The Balaban J connectivity index is 1.67. The largest absolute Gasteiger partial charge is 0.431 e. The number of thioether (sulfide) groups is 1. The maximum Gasteiger partial charge on any atom is 0.294 e. The fraction of sp³-hybridized carbons (Fsp3) is 0.0667. The first-order valence-corrected chi connectivity index (χ1v) is 8.59. The number of nitrogens with one attached hydrogen (secondary N) is 1. The quantitative estimate of drug-likeness (QED) is 0.378. The van der Waals surface area contributed by atoms with Gasteiger partial charge in [-0.25, -0.2) is 4.98 Å². The van der Waals surface area contributed by atoms with E-state index in [4.69, 9.17) is 27.6 Å². The van der Waals surface area contributed by atoms with Gasteiger partial charge in [0.1, 0.15) is 11.2 Å². The number of rotatable bonds is 5. The number of aromatic nitrogens is 1. The van der Waals surface area contributed by atoms with Crippen LogP contribution in [0.5, 0.6) is 0 Å². The number of nitro benzene ring substituents is 1. The van der Waals surface area contributed by atoms with Crippen LogP contribution in [0, 0.1) is 10.1 Å². The van der Waals surface area contributed by atoms with Crippen LogP contribution >= 0.6 is 35.0 Å². The number of halogens is 2. The second kappa shape index (κ2) is 7.30. The summed E-state index contributed by atoms with van der Waals surface area (Å²) in [5.74, 6) is -0.462. The number of amides is 1. The Bertz CT molecular complexity index is 977. The molecule has 1 heterocycles. The summed E-state index contributed by atoms with van der Waals surface area (Å²) in [4.78, 5) is 26.7. The van der Waals surface area contributed by atoms with E-state index in [0.717, 1.165) is 11.8 Å². The third-order valence-corrected chi connectivity index (χ3v) is 4.39.